The van der Waals surface area contributed by atoms with Crippen LogP contribution >= 0.6 is 0 Å². The third kappa shape index (κ3) is 4.55. The summed E-state index contributed by atoms with van der Waals surface area (Å²) in [6.07, 6.45) is 3.22. The number of hydrogen-bond acceptors (Lipinski definition) is 7. The van der Waals surface area contributed by atoms with Gasteiger partial charge in [0, 0.05) is 30.4 Å². The van der Waals surface area contributed by atoms with Crippen molar-refractivity contribution in [3.05, 3.63) is 66.2 Å². The second kappa shape index (κ2) is 9.07. The van der Waals surface area contributed by atoms with Gasteiger partial charge >= 0.3 is 0 Å². The average Bonchev–Trinajstić information content (AvgIpc) is 3.32. The number of amides is 1. The number of hydrogen-bond donors (Lipinski definition) is 1. The van der Waals surface area contributed by atoms with E-state index in [0.29, 0.717) is 30.4 Å². The van der Waals surface area contributed by atoms with E-state index < -0.39 is 0 Å². The van der Waals surface area contributed by atoms with Gasteiger partial charge < -0.3 is 24.4 Å². The lowest BCUT2D eigenvalue weighted by Crippen LogP contribution is -2.36. The van der Waals surface area contributed by atoms with Crippen LogP contribution in [0.4, 0.5) is 11.5 Å². The number of nitrogens with zero attached hydrogens (tertiary/aromatic N) is 3. The lowest BCUT2D eigenvalue weighted by molar-refractivity contribution is -0.111. The number of rotatable bonds is 5. The topological polar surface area (TPSA) is 85.8 Å². The van der Waals surface area contributed by atoms with Crippen LogP contribution in [-0.2, 0) is 9.53 Å². The Morgan fingerprint density at radius 2 is 1.84 bits per heavy atom. The largest absolute Gasteiger partial charge is 0.454 e. The molecule has 1 aromatic heterocycles. The van der Waals surface area contributed by atoms with Gasteiger partial charge in [0.25, 0.3) is 0 Å². The van der Waals surface area contributed by atoms with Crippen molar-refractivity contribution >= 4 is 23.5 Å². The van der Waals surface area contributed by atoms with Crippen molar-refractivity contribution in [2.75, 3.05) is 43.3 Å². The van der Waals surface area contributed by atoms with Crippen LogP contribution in [0, 0.1) is 0 Å². The lowest BCUT2D eigenvalue weighted by Gasteiger charge is -2.27. The number of nitrogens with one attached hydrogen (secondary N) is 1. The summed E-state index contributed by atoms with van der Waals surface area (Å²) in [5.74, 6) is 2.01. The van der Waals surface area contributed by atoms with Crippen LogP contribution in [0.1, 0.15) is 5.56 Å². The standard InChI is InChI=1S/C24H22N4O4/c29-24(9-5-17-4-7-21-22(14-17)32-16-31-21)25-19-3-1-2-18(15-19)20-6-8-23(27-26-20)28-10-12-30-13-11-28/h1-9,14-15H,10-13,16H2,(H,25,29)/b9-5+. The highest BCUT2D eigenvalue weighted by Crippen LogP contribution is 2.32. The third-order valence-electron chi connectivity index (χ3n) is 5.24. The quantitative estimate of drug-likeness (QED) is 0.621. The van der Waals surface area contributed by atoms with E-state index >= 15 is 0 Å². The Balaban J connectivity index is 1.24. The maximum Gasteiger partial charge on any atom is 0.248 e. The number of ether oxygens (including phenoxy) is 3. The molecule has 8 heteroatoms. The molecular weight excluding hydrogens is 408 g/mol. The maximum atomic E-state index is 12.4. The molecule has 1 N–H and O–H groups in total. The van der Waals surface area contributed by atoms with Crippen molar-refractivity contribution in [3.63, 3.8) is 0 Å². The predicted octanol–water partition coefficient (Wildman–Crippen LogP) is 3.36. The molecule has 8 nitrogen and oxygen atoms in total. The second-order valence-electron chi connectivity index (χ2n) is 7.39. The fourth-order valence-corrected chi connectivity index (χ4v) is 3.57. The van der Waals surface area contributed by atoms with E-state index in [4.69, 9.17) is 14.2 Å². The smallest absolute Gasteiger partial charge is 0.248 e. The Hall–Kier alpha value is -3.91. The van der Waals surface area contributed by atoms with Gasteiger partial charge in [0.1, 0.15) is 0 Å². The van der Waals surface area contributed by atoms with Gasteiger partial charge in [-0.15, -0.1) is 10.2 Å². The molecule has 3 aromatic rings. The number of aromatic nitrogens is 2. The van der Waals surface area contributed by atoms with Crippen LogP contribution in [0.5, 0.6) is 11.5 Å². The van der Waals surface area contributed by atoms with Gasteiger partial charge in [-0.3, -0.25) is 4.79 Å². The maximum absolute atomic E-state index is 12.4. The molecule has 0 aliphatic carbocycles. The van der Waals surface area contributed by atoms with E-state index in [1.165, 1.54) is 6.08 Å². The first-order valence-electron chi connectivity index (χ1n) is 10.4. The highest BCUT2D eigenvalue weighted by molar-refractivity contribution is 6.02. The van der Waals surface area contributed by atoms with Gasteiger partial charge in [-0.05, 0) is 48.0 Å². The summed E-state index contributed by atoms with van der Waals surface area (Å²) in [4.78, 5) is 14.5. The van der Waals surface area contributed by atoms with Crippen molar-refractivity contribution in [1.82, 2.24) is 10.2 Å². The first-order chi connectivity index (χ1) is 15.7. The van der Waals surface area contributed by atoms with E-state index in [1.54, 1.807) is 6.08 Å². The Morgan fingerprint density at radius 1 is 0.969 bits per heavy atom. The molecule has 162 valence electrons. The zero-order chi connectivity index (χ0) is 21.8. The van der Waals surface area contributed by atoms with Crippen LogP contribution in [0.3, 0.4) is 0 Å². The fourth-order valence-electron chi connectivity index (χ4n) is 3.57. The van der Waals surface area contributed by atoms with Crippen LogP contribution in [0.15, 0.2) is 60.7 Å². The highest BCUT2D eigenvalue weighted by atomic mass is 16.7. The molecule has 0 atom stereocenters. The molecule has 0 bridgehead atoms. The molecular formula is C24H22N4O4. The van der Waals surface area contributed by atoms with Gasteiger partial charge in [-0.2, -0.15) is 0 Å². The molecule has 1 saturated heterocycles. The van der Waals surface area contributed by atoms with Gasteiger partial charge in [0.15, 0.2) is 17.3 Å². The molecule has 2 aliphatic rings. The van der Waals surface area contributed by atoms with E-state index in [0.717, 1.165) is 35.7 Å². The number of carbonyl (C=O) groups is 1. The van der Waals surface area contributed by atoms with E-state index in [2.05, 4.69) is 20.4 Å². The van der Waals surface area contributed by atoms with Crippen molar-refractivity contribution in [2.45, 2.75) is 0 Å². The summed E-state index contributed by atoms with van der Waals surface area (Å²) in [6.45, 7) is 3.26. The first kappa shape index (κ1) is 20.0. The van der Waals surface area contributed by atoms with Crippen LogP contribution < -0.4 is 19.7 Å². The molecule has 5 rings (SSSR count). The molecule has 3 heterocycles. The zero-order valence-electron chi connectivity index (χ0n) is 17.4. The summed E-state index contributed by atoms with van der Waals surface area (Å²) in [6, 6.07) is 17.0. The molecule has 0 radical (unpaired) electrons. The molecule has 0 saturated carbocycles. The second-order valence-corrected chi connectivity index (χ2v) is 7.39. The summed E-state index contributed by atoms with van der Waals surface area (Å²) in [5, 5.41) is 11.6. The molecule has 2 aliphatic heterocycles. The minimum Gasteiger partial charge on any atom is -0.454 e. The van der Waals surface area contributed by atoms with Crippen LogP contribution in [-0.4, -0.2) is 49.2 Å². The Morgan fingerprint density at radius 3 is 2.69 bits per heavy atom. The Bertz CT molecular complexity index is 1140. The summed E-state index contributed by atoms with van der Waals surface area (Å²) in [7, 11) is 0. The highest BCUT2D eigenvalue weighted by Gasteiger charge is 2.14. The van der Waals surface area contributed by atoms with Crippen LogP contribution in [0.2, 0.25) is 0 Å². The van der Waals surface area contributed by atoms with Crippen molar-refractivity contribution < 1.29 is 19.0 Å². The van der Waals surface area contributed by atoms with Crippen molar-refractivity contribution in [1.29, 1.82) is 0 Å². The SMILES string of the molecule is O=C(/C=C/c1ccc2c(c1)OCO2)Nc1cccc(-c2ccc(N3CCOCC3)nn2)c1. The Kier molecular flexibility index (Phi) is 5.67. The molecule has 1 amide bonds. The average molecular weight is 430 g/mol. The van der Waals surface area contributed by atoms with Crippen molar-refractivity contribution in [2.24, 2.45) is 0 Å². The summed E-state index contributed by atoms with van der Waals surface area (Å²) < 4.78 is 16.0. The van der Waals surface area contributed by atoms with E-state index in [1.807, 2.05) is 54.6 Å². The Labute approximate surface area is 185 Å². The number of morpholine rings is 1. The van der Waals surface area contributed by atoms with Gasteiger partial charge in [0.05, 0.1) is 18.9 Å². The molecule has 0 spiro atoms. The van der Waals surface area contributed by atoms with Crippen molar-refractivity contribution in [3.8, 4) is 22.8 Å². The zero-order valence-corrected chi connectivity index (χ0v) is 17.4. The minimum atomic E-state index is -0.228. The monoisotopic (exact) mass is 430 g/mol. The van der Waals surface area contributed by atoms with Gasteiger partial charge in [0.2, 0.25) is 12.7 Å². The van der Waals surface area contributed by atoms with Gasteiger partial charge in [-0.25, -0.2) is 0 Å². The third-order valence-corrected chi connectivity index (χ3v) is 5.24. The number of anilines is 2. The van der Waals surface area contributed by atoms with Crippen LogP contribution in [0.25, 0.3) is 17.3 Å². The minimum absolute atomic E-state index is 0.222. The van der Waals surface area contributed by atoms with Gasteiger partial charge in [-0.1, -0.05) is 18.2 Å². The predicted molar refractivity (Wildman–Crippen MR) is 121 cm³/mol. The van der Waals surface area contributed by atoms with E-state index in [9.17, 15) is 4.79 Å². The molecule has 1 fully saturated rings. The first-order valence-corrected chi connectivity index (χ1v) is 10.4. The van der Waals surface area contributed by atoms with E-state index in [-0.39, 0.29) is 12.7 Å². The number of carbonyl (C=O) groups excluding carboxylic acids is 1. The summed E-state index contributed by atoms with van der Waals surface area (Å²) in [5.41, 5.74) is 3.16. The normalized spacial score (nSPS) is 15.2. The molecule has 0 unspecified atom stereocenters. The number of benzene rings is 2. The number of fused-ring (bicyclic) bond motifs is 1. The molecule has 2 aromatic carbocycles. The summed E-state index contributed by atoms with van der Waals surface area (Å²) >= 11 is 0. The molecule has 32 heavy (non-hydrogen) atoms. The lowest BCUT2D eigenvalue weighted by atomic mass is 10.1. The fraction of sp³-hybridized carbons (Fsp3) is 0.208.